The number of amides is 1. The van der Waals surface area contributed by atoms with E-state index in [4.69, 9.17) is 28.9 Å². The van der Waals surface area contributed by atoms with Crippen LogP contribution in [0.4, 0.5) is 5.69 Å². The summed E-state index contributed by atoms with van der Waals surface area (Å²) in [5.41, 5.74) is 7.41. The molecule has 1 rings (SSSR count). The van der Waals surface area contributed by atoms with Crippen molar-refractivity contribution in [2.75, 3.05) is 12.3 Å². The van der Waals surface area contributed by atoms with Crippen molar-refractivity contribution in [2.45, 2.75) is 13.8 Å². The third-order valence-corrected chi connectivity index (χ3v) is 2.74. The van der Waals surface area contributed by atoms with E-state index in [0.717, 1.165) is 5.57 Å². The molecule has 0 saturated carbocycles. The Morgan fingerprint density at radius 1 is 1.35 bits per heavy atom. The van der Waals surface area contributed by atoms with Gasteiger partial charge in [-0.2, -0.15) is 0 Å². The summed E-state index contributed by atoms with van der Waals surface area (Å²) >= 11 is 11.7. The topological polar surface area (TPSA) is 55.1 Å². The second kappa shape index (κ2) is 5.94. The number of allylic oxidation sites excluding steroid dienone is 1. The van der Waals surface area contributed by atoms with Crippen LogP contribution >= 0.6 is 23.2 Å². The lowest BCUT2D eigenvalue weighted by atomic mass is 10.2. The van der Waals surface area contributed by atoms with E-state index in [2.05, 4.69) is 5.32 Å². The van der Waals surface area contributed by atoms with Crippen LogP contribution in [0, 0.1) is 0 Å². The Hall–Kier alpha value is -1.19. The Morgan fingerprint density at radius 2 is 1.88 bits per heavy atom. The number of benzene rings is 1. The van der Waals surface area contributed by atoms with Crippen LogP contribution in [0.5, 0.6) is 0 Å². The summed E-state index contributed by atoms with van der Waals surface area (Å²) in [6.07, 6.45) is 1.92. The van der Waals surface area contributed by atoms with E-state index in [1.807, 2.05) is 19.9 Å². The lowest BCUT2D eigenvalue weighted by Crippen LogP contribution is -2.23. The van der Waals surface area contributed by atoms with Gasteiger partial charge in [0.1, 0.15) is 0 Å². The van der Waals surface area contributed by atoms with Crippen molar-refractivity contribution in [1.82, 2.24) is 5.32 Å². The van der Waals surface area contributed by atoms with E-state index in [1.54, 1.807) is 0 Å². The van der Waals surface area contributed by atoms with Crippen LogP contribution in [0.15, 0.2) is 23.8 Å². The molecular formula is C12H14Cl2N2O. The zero-order valence-corrected chi connectivity index (χ0v) is 11.2. The molecule has 0 heterocycles. The van der Waals surface area contributed by atoms with Crippen LogP contribution in [-0.2, 0) is 0 Å². The fraction of sp³-hybridized carbons (Fsp3) is 0.250. The zero-order valence-electron chi connectivity index (χ0n) is 9.68. The van der Waals surface area contributed by atoms with E-state index in [-0.39, 0.29) is 21.6 Å². The number of halogens is 2. The SMILES string of the molecule is CC(C)=CCNC(=O)c1cc(Cl)c(N)c(Cl)c1. The maximum atomic E-state index is 11.7. The Balaban J connectivity index is 2.80. The fourth-order valence-corrected chi connectivity index (χ4v) is 1.65. The molecule has 1 aromatic carbocycles. The first-order valence-electron chi connectivity index (χ1n) is 5.08. The van der Waals surface area contributed by atoms with Crippen LogP contribution in [-0.4, -0.2) is 12.5 Å². The molecule has 17 heavy (non-hydrogen) atoms. The minimum atomic E-state index is -0.230. The predicted molar refractivity (Wildman–Crippen MR) is 72.6 cm³/mol. The zero-order chi connectivity index (χ0) is 13.0. The molecule has 0 aliphatic rings. The van der Waals surface area contributed by atoms with Gasteiger partial charge in [-0.15, -0.1) is 0 Å². The van der Waals surface area contributed by atoms with Gasteiger partial charge in [0.2, 0.25) is 0 Å². The molecule has 5 heteroatoms. The Morgan fingerprint density at radius 3 is 2.35 bits per heavy atom. The van der Waals surface area contributed by atoms with Gasteiger partial charge in [-0.25, -0.2) is 0 Å². The van der Waals surface area contributed by atoms with E-state index in [1.165, 1.54) is 12.1 Å². The van der Waals surface area contributed by atoms with Crippen LogP contribution in [0.1, 0.15) is 24.2 Å². The van der Waals surface area contributed by atoms with Crippen LogP contribution < -0.4 is 11.1 Å². The highest BCUT2D eigenvalue weighted by atomic mass is 35.5. The number of rotatable bonds is 3. The number of carbonyl (C=O) groups excluding carboxylic acids is 1. The molecule has 0 atom stereocenters. The van der Waals surface area contributed by atoms with Crippen molar-refractivity contribution in [1.29, 1.82) is 0 Å². The number of carbonyl (C=O) groups is 1. The van der Waals surface area contributed by atoms with Gasteiger partial charge < -0.3 is 11.1 Å². The number of hydrogen-bond donors (Lipinski definition) is 2. The molecule has 0 aromatic heterocycles. The number of nitrogens with one attached hydrogen (secondary N) is 1. The smallest absolute Gasteiger partial charge is 0.251 e. The predicted octanol–water partition coefficient (Wildman–Crippen LogP) is 3.27. The third kappa shape index (κ3) is 3.95. The largest absolute Gasteiger partial charge is 0.396 e. The van der Waals surface area contributed by atoms with Gasteiger partial charge in [0, 0.05) is 12.1 Å². The standard InChI is InChI=1S/C12H14Cl2N2O/c1-7(2)3-4-16-12(17)8-5-9(13)11(15)10(14)6-8/h3,5-6H,4,15H2,1-2H3,(H,16,17). The van der Waals surface area contributed by atoms with Gasteiger partial charge in [0.05, 0.1) is 15.7 Å². The minimum Gasteiger partial charge on any atom is -0.396 e. The maximum absolute atomic E-state index is 11.7. The summed E-state index contributed by atoms with van der Waals surface area (Å²) < 4.78 is 0. The van der Waals surface area contributed by atoms with Gasteiger partial charge in [-0.3, -0.25) is 4.79 Å². The van der Waals surface area contributed by atoms with Crippen molar-refractivity contribution in [2.24, 2.45) is 0 Å². The first kappa shape index (κ1) is 13.9. The summed E-state index contributed by atoms with van der Waals surface area (Å²) in [6, 6.07) is 3.00. The highest BCUT2D eigenvalue weighted by molar-refractivity contribution is 6.39. The molecule has 0 unspecified atom stereocenters. The van der Waals surface area contributed by atoms with Gasteiger partial charge >= 0.3 is 0 Å². The quantitative estimate of drug-likeness (QED) is 0.656. The lowest BCUT2D eigenvalue weighted by Gasteiger charge is -2.06. The second-order valence-corrected chi connectivity index (χ2v) is 4.66. The van der Waals surface area contributed by atoms with Crippen molar-refractivity contribution in [3.05, 3.63) is 39.4 Å². The minimum absolute atomic E-state index is 0.230. The second-order valence-electron chi connectivity index (χ2n) is 3.85. The third-order valence-electron chi connectivity index (χ3n) is 2.11. The molecule has 0 radical (unpaired) electrons. The van der Waals surface area contributed by atoms with Gasteiger partial charge in [-0.1, -0.05) is 34.9 Å². The average molecular weight is 273 g/mol. The molecular weight excluding hydrogens is 259 g/mol. The number of nitrogen functional groups attached to an aromatic ring is 1. The van der Waals surface area contributed by atoms with Crippen molar-refractivity contribution >= 4 is 34.8 Å². The molecule has 1 amide bonds. The first-order valence-corrected chi connectivity index (χ1v) is 5.83. The molecule has 0 spiro atoms. The number of anilines is 1. The van der Waals surface area contributed by atoms with Crippen molar-refractivity contribution < 1.29 is 4.79 Å². The van der Waals surface area contributed by atoms with Gasteiger partial charge in [-0.05, 0) is 26.0 Å². The highest BCUT2D eigenvalue weighted by Crippen LogP contribution is 2.28. The van der Waals surface area contributed by atoms with E-state index >= 15 is 0 Å². The van der Waals surface area contributed by atoms with Crippen LogP contribution in [0.25, 0.3) is 0 Å². The van der Waals surface area contributed by atoms with Crippen LogP contribution in [0.3, 0.4) is 0 Å². The first-order chi connectivity index (χ1) is 7.91. The number of hydrogen-bond acceptors (Lipinski definition) is 2. The van der Waals surface area contributed by atoms with Gasteiger partial charge in [0.25, 0.3) is 5.91 Å². The van der Waals surface area contributed by atoms with Crippen LogP contribution in [0.2, 0.25) is 10.0 Å². The summed E-state index contributed by atoms with van der Waals surface area (Å²) in [5, 5.41) is 3.30. The van der Waals surface area contributed by atoms with E-state index < -0.39 is 0 Å². The Bertz CT molecular complexity index is 443. The molecule has 0 aliphatic heterocycles. The molecule has 92 valence electrons. The summed E-state index contributed by atoms with van der Waals surface area (Å²) in [4.78, 5) is 11.7. The molecule has 1 aromatic rings. The normalized spacial score (nSPS) is 9.88. The fourth-order valence-electron chi connectivity index (χ4n) is 1.17. The number of nitrogens with two attached hydrogens (primary N) is 1. The molecule has 0 bridgehead atoms. The molecule has 0 saturated heterocycles. The highest BCUT2D eigenvalue weighted by Gasteiger charge is 2.10. The molecule has 0 fully saturated rings. The summed E-state index contributed by atoms with van der Waals surface area (Å²) in [6.45, 7) is 4.40. The summed E-state index contributed by atoms with van der Waals surface area (Å²) in [5.74, 6) is -0.230. The lowest BCUT2D eigenvalue weighted by molar-refractivity contribution is 0.0958. The van der Waals surface area contributed by atoms with Gasteiger partial charge in [0.15, 0.2) is 0 Å². The van der Waals surface area contributed by atoms with Crippen molar-refractivity contribution in [3.63, 3.8) is 0 Å². The molecule has 3 N–H and O–H groups in total. The summed E-state index contributed by atoms with van der Waals surface area (Å²) in [7, 11) is 0. The van der Waals surface area contributed by atoms with E-state index in [9.17, 15) is 4.79 Å². The monoisotopic (exact) mass is 272 g/mol. The molecule has 3 nitrogen and oxygen atoms in total. The average Bonchev–Trinajstić information content (AvgIpc) is 2.24. The Labute approximate surface area is 111 Å². The Kier molecular flexibility index (Phi) is 4.85. The van der Waals surface area contributed by atoms with Crippen molar-refractivity contribution in [3.8, 4) is 0 Å². The maximum Gasteiger partial charge on any atom is 0.251 e. The molecule has 0 aliphatic carbocycles. The van der Waals surface area contributed by atoms with E-state index in [0.29, 0.717) is 12.1 Å².